The number of benzene rings is 1. The van der Waals surface area contributed by atoms with E-state index in [0.29, 0.717) is 19.8 Å². The first-order valence-electron chi connectivity index (χ1n) is 8.12. The van der Waals surface area contributed by atoms with E-state index in [1.165, 1.54) is 0 Å². The molecule has 1 aliphatic heterocycles. The van der Waals surface area contributed by atoms with Crippen molar-refractivity contribution < 1.29 is 13.2 Å². The van der Waals surface area contributed by atoms with E-state index in [-0.39, 0.29) is 11.5 Å². The molecule has 0 N–H and O–H groups in total. The Morgan fingerprint density at radius 3 is 2.72 bits per heavy atom. The third kappa shape index (κ3) is 4.60. The van der Waals surface area contributed by atoms with Gasteiger partial charge in [-0.25, -0.2) is 8.42 Å². The fraction of sp³-hybridized carbons (Fsp3) is 0.471. The number of aromatic nitrogens is 1. The Balaban J connectivity index is 1.90. The van der Waals surface area contributed by atoms with E-state index in [2.05, 4.69) is 44.6 Å². The van der Waals surface area contributed by atoms with E-state index >= 15 is 0 Å². The molecular formula is C17H22IN3O3S. The number of fused-ring (bicyclic) bond motifs is 1. The molecule has 2 heterocycles. The van der Waals surface area contributed by atoms with E-state index in [1.807, 2.05) is 25.1 Å². The van der Waals surface area contributed by atoms with Crippen LogP contribution in [0.3, 0.4) is 0 Å². The maximum atomic E-state index is 11.6. The largest absolute Gasteiger partial charge is 0.475 e. The van der Waals surface area contributed by atoms with Crippen LogP contribution in [-0.2, 0) is 16.4 Å². The molecule has 0 saturated carbocycles. The topological polar surface area (TPSA) is 62.7 Å². The molecule has 3 rings (SSSR count). The number of rotatable bonds is 5. The molecule has 136 valence electrons. The van der Waals surface area contributed by atoms with Crippen LogP contribution in [0.4, 0.5) is 0 Å². The van der Waals surface area contributed by atoms with Crippen molar-refractivity contribution in [3.63, 3.8) is 0 Å². The maximum Gasteiger partial charge on any atom is 0.160 e. The fourth-order valence-electron chi connectivity index (χ4n) is 2.87. The molecule has 0 bridgehead atoms. The second-order valence-electron chi connectivity index (χ2n) is 6.53. The molecule has 1 saturated heterocycles. The Bertz CT molecular complexity index is 857. The summed E-state index contributed by atoms with van der Waals surface area (Å²) in [5, 5.41) is 1.06. The normalized spacial score (nSPS) is 17.9. The average Bonchev–Trinajstić information content (AvgIpc) is 2.56. The number of sulfone groups is 1. The van der Waals surface area contributed by atoms with Gasteiger partial charge in [-0.15, -0.1) is 0 Å². The van der Waals surface area contributed by atoms with Gasteiger partial charge in [-0.1, -0.05) is 6.07 Å². The van der Waals surface area contributed by atoms with Gasteiger partial charge in [-0.3, -0.25) is 14.8 Å². The molecule has 1 fully saturated rings. The molecule has 0 spiro atoms. The molecule has 0 unspecified atom stereocenters. The van der Waals surface area contributed by atoms with Gasteiger partial charge in [0.1, 0.15) is 12.2 Å². The highest BCUT2D eigenvalue weighted by molar-refractivity contribution is 14.1. The van der Waals surface area contributed by atoms with E-state index in [0.717, 1.165) is 32.3 Å². The minimum atomic E-state index is -2.86. The molecule has 0 amide bonds. The van der Waals surface area contributed by atoms with Gasteiger partial charge in [0.25, 0.3) is 0 Å². The molecule has 8 heteroatoms. The smallest absolute Gasteiger partial charge is 0.160 e. The Hall–Kier alpha value is -0.970. The van der Waals surface area contributed by atoms with Gasteiger partial charge >= 0.3 is 0 Å². The second-order valence-corrected chi connectivity index (χ2v) is 9.99. The first kappa shape index (κ1) is 18.8. The molecule has 1 aromatic carbocycles. The van der Waals surface area contributed by atoms with Crippen LogP contribution in [0.1, 0.15) is 5.56 Å². The van der Waals surface area contributed by atoms with Gasteiger partial charge in [0.05, 0.1) is 15.1 Å². The molecule has 25 heavy (non-hydrogen) atoms. The molecule has 6 nitrogen and oxygen atoms in total. The summed E-state index contributed by atoms with van der Waals surface area (Å²) in [4.78, 5) is 8.69. The molecular weight excluding hydrogens is 453 g/mol. The van der Waals surface area contributed by atoms with Crippen molar-refractivity contribution in [3.8, 4) is 5.75 Å². The Kier molecular flexibility index (Phi) is 5.81. The number of hydrogen-bond donors (Lipinski definition) is 0. The van der Waals surface area contributed by atoms with Gasteiger partial charge in [0.15, 0.2) is 15.6 Å². The van der Waals surface area contributed by atoms with E-state index in [9.17, 15) is 8.42 Å². The van der Waals surface area contributed by atoms with Crippen LogP contribution >= 0.6 is 22.6 Å². The molecule has 0 atom stereocenters. The van der Waals surface area contributed by atoms with Crippen molar-refractivity contribution in [2.24, 2.45) is 0 Å². The lowest BCUT2D eigenvalue weighted by Gasteiger charge is -2.27. The van der Waals surface area contributed by atoms with Crippen molar-refractivity contribution in [1.82, 2.24) is 14.8 Å². The van der Waals surface area contributed by atoms with Gasteiger partial charge in [0.2, 0.25) is 0 Å². The summed E-state index contributed by atoms with van der Waals surface area (Å²) < 4.78 is 30.2. The second kappa shape index (κ2) is 7.73. The highest BCUT2D eigenvalue weighted by atomic mass is 127. The standard InChI is InChI=1S/C17H22IN3O3S/c1-20(2)12-24-17-15(18)10-13(14-4-3-5-19-16(14)17)11-21-6-8-25(22,23)9-7-21/h3-5,10H,6-9,11-12H2,1-2H3. The quantitative estimate of drug-likeness (QED) is 0.487. The molecule has 2 aromatic rings. The van der Waals surface area contributed by atoms with Crippen molar-refractivity contribution in [1.29, 1.82) is 0 Å². The zero-order valence-electron chi connectivity index (χ0n) is 14.4. The lowest BCUT2D eigenvalue weighted by Crippen LogP contribution is -2.39. The zero-order valence-corrected chi connectivity index (χ0v) is 17.4. The van der Waals surface area contributed by atoms with Crippen molar-refractivity contribution in [2.75, 3.05) is 45.4 Å². The summed E-state index contributed by atoms with van der Waals surface area (Å²) >= 11 is 2.28. The number of halogens is 1. The summed E-state index contributed by atoms with van der Waals surface area (Å²) in [6.07, 6.45) is 1.78. The number of pyridine rings is 1. The lowest BCUT2D eigenvalue weighted by atomic mass is 10.1. The van der Waals surface area contributed by atoms with Gasteiger partial charge in [-0.2, -0.15) is 0 Å². The maximum absolute atomic E-state index is 11.6. The molecule has 0 radical (unpaired) electrons. The minimum absolute atomic E-state index is 0.240. The minimum Gasteiger partial charge on any atom is -0.475 e. The van der Waals surface area contributed by atoms with Crippen LogP contribution in [0.5, 0.6) is 5.75 Å². The number of nitrogens with zero attached hydrogens (tertiary/aromatic N) is 3. The third-order valence-corrected chi connectivity index (χ3v) is 6.60. The van der Waals surface area contributed by atoms with Gasteiger partial charge in [0, 0.05) is 31.2 Å². The van der Waals surface area contributed by atoms with Crippen LogP contribution in [-0.4, -0.2) is 68.6 Å². The fourth-order valence-corrected chi connectivity index (χ4v) is 4.93. The molecule has 0 aliphatic carbocycles. The van der Waals surface area contributed by atoms with Gasteiger partial charge in [-0.05, 0) is 54.4 Å². The predicted octanol–water partition coefficient (Wildman–Crippen LogP) is 1.97. The molecule has 1 aliphatic rings. The zero-order chi connectivity index (χ0) is 18.0. The third-order valence-electron chi connectivity index (χ3n) is 4.18. The van der Waals surface area contributed by atoms with Crippen molar-refractivity contribution >= 4 is 43.3 Å². The first-order chi connectivity index (χ1) is 11.9. The van der Waals surface area contributed by atoms with Crippen LogP contribution in [0.2, 0.25) is 0 Å². The first-order valence-corrected chi connectivity index (χ1v) is 11.0. The number of hydrogen-bond acceptors (Lipinski definition) is 6. The monoisotopic (exact) mass is 475 g/mol. The summed E-state index contributed by atoms with van der Waals surface area (Å²) in [6, 6.07) is 6.10. The van der Waals surface area contributed by atoms with Crippen molar-refractivity contribution in [3.05, 3.63) is 33.5 Å². The molecule has 1 aromatic heterocycles. The van der Waals surface area contributed by atoms with Crippen LogP contribution in [0.25, 0.3) is 10.9 Å². The Morgan fingerprint density at radius 1 is 1.32 bits per heavy atom. The predicted molar refractivity (Wildman–Crippen MR) is 108 cm³/mol. The van der Waals surface area contributed by atoms with Crippen LogP contribution in [0, 0.1) is 3.57 Å². The average molecular weight is 475 g/mol. The van der Waals surface area contributed by atoms with Crippen LogP contribution in [0.15, 0.2) is 24.4 Å². The number of ether oxygens (including phenoxy) is 1. The van der Waals surface area contributed by atoms with Gasteiger partial charge < -0.3 is 4.74 Å². The Morgan fingerprint density at radius 2 is 2.04 bits per heavy atom. The lowest BCUT2D eigenvalue weighted by molar-refractivity contribution is 0.180. The summed E-state index contributed by atoms with van der Waals surface area (Å²) in [5.41, 5.74) is 2.01. The van der Waals surface area contributed by atoms with E-state index in [1.54, 1.807) is 6.20 Å². The summed E-state index contributed by atoms with van der Waals surface area (Å²) in [6.45, 7) is 2.38. The summed E-state index contributed by atoms with van der Waals surface area (Å²) in [5.74, 6) is 1.28. The van der Waals surface area contributed by atoms with Crippen LogP contribution < -0.4 is 4.74 Å². The summed E-state index contributed by atoms with van der Waals surface area (Å²) in [7, 11) is 1.06. The highest BCUT2D eigenvalue weighted by Crippen LogP contribution is 2.33. The van der Waals surface area contributed by atoms with Crippen molar-refractivity contribution in [2.45, 2.75) is 6.54 Å². The van der Waals surface area contributed by atoms with E-state index in [4.69, 9.17) is 4.74 Å². The van der Waals surface area contributed by atoms with E-state index < -0.39 is 9.84 Å². The highest BCUT2D eigenvalue weighted by Gasteiger charge is 2.23. The Labute approximate surface area is 162 Å². The SMILES string of the molecule is CN(C)COc1c(I)cc(CN2CCS(=O)(=O)CC2)c2cccnc12.